The maximum Gasteiger partial charge on any atom is 0.138 e. The van der Waals surface area contributed by atoms with E-state index >= 15 is 0 Å². The minimum Gasteiger partial charge on any atom is -0.365 e. The van der Waals surface area contributed by atoms with E-state index in [1.54, 1.807) is 17.7 Å². The summed E-state index contributed by atoms with van der Waals surface area (Å²) in [4.78, 5) is 11.9. The Labute approximate surface area is 118 Å². The number of thiophene rings is 1. The van der Waals surface area contributed by atoms with Crippen LogP contribution >= 0.6 is 11.3 Å². The van der Waals surface area contributed by atoms with Gasteiger partial charge in [-0.2, -0.15) is 0 Å². The average Bonchev–Trinajstić information content (AvgIpc) is 2.76. The molecule has 4 nitrogen and oxygen atoms in total. The van der Waals surface area contributed by atoms with E-state index in [0.29, 0.717) is 12.0 Å². The minimum atomic E-state index is 0.410. The third kappa shape index (κ3) is 3.88. The first-order valence-corrected chi connectivity index (χ1v) is 7.53. The summed E-state index contributed by atoms with van der Waals surface area (Å²) in [6.45, 7) is 5.52. The van der Waals surface area contributed by atoms with Gasteiger partial charge in [0.1, 0.15) is 17.0 Å². The van der Waals surface area contributed by atoms with E-state index in [1.165, 1.54) is 0 Å². The zero-order chi connectivity index (χ0) is 13.8. The van der Waals surface area contributed by atoms with E-state index in [1.807, 2.05) is 0 Å². The van der Waals surface area contributed by atoms with Crippen molar-refractivity contribution in [2.75, 3.05) is 26.0 Å². The van der Waals surface area contributed by atoms with Crippen LogP contribution in [0.3, 0.4) is 0 Å². The summed E-state index contributed by atoms with van der Waals surface area (Å²) in [5.41, 5.74) is 0. The van der Waals surface area contributed by atoms with Crippen molar-refractivity contribution >= 4 is 27.4 Å². The molecule has 0 aromatic carbocycles. The molecule has 2 heterocycles. The van der Waals surface area contributed by atoms with E-state index in [4.69, 9.17) is 0 Å². The number of hydrogen-bond donors (Lipinski definition) is 1. The number of likely N-dealkylation sites (N-methyl/N-ethyl adjacent to an activating group) is 1. The van der Waals surface area contributed by atoms with Crippen LogP contribution in [0.4, 0.5) is 5.82 Å². The second kappa shape index (κ2) is 6.30. The van der Waals surface area contributed by atoms with Gasteiger partial charge in [0.25, 0.3) is 0 Å². The van der Waals surface area contributed by atoms with Gasteiger partial charge in [0.05, 0.1) is 5.39 Å². The molecule has 5 heteroatoms. The van der Waals surface area contributed by atoms with Crippen LogP contribution in [-0.4, -0.2) is 41.5 Å². The highest BCUT2D eigenvalue weighted by Crippen LogP contribution is 2.25. The molecule has 0 radical (unpaired) electrons. The Hall–Kier alpha value is -1.20. The molecule has 0 aliphatic carbocycles. The van der Waals surface area contributed by atoms with Gasteiger partial charge in [-0.25, -0.2) is 9.97 Å². The van der Waals surface area contributed by atoms with E-state index in [9.17, 15) is 0 Å². The third-order valence-electron chi connectivity index (χ3n) is 2.94. The van der Waals surface area contributed by atoms with Crippen molar-refractivity contribution in [2.45, 2.75) is 26.3 Å². The molecule has 1 unspecified atom stereocenters. The molecule has 0 amide bonds. The number of fused-ring (bicyclic) bond motifs is 1. The lowest BCUT2D eigenvalue weighted by molar-refractivity contribution is 0.356. The first-order chi connectivity index (χ1) is 9.06. The molecule has 104 valence electrons. The molecule has 0 saturated heterocycles. The van der Waals surface area contributed by atoms with Gasteiger partial charge in [-0.05, 0) is 37.9 Å². The largest absolute Gasteiger partial charge is 0.365 e. The molecule has 2 aromatic rings. The van der Waals surface area contributed by atoms with Crippen LogP contribution in [0.2, 0.25) is 0 Å². The molecule has 2 rings (SSSR count). The highest BCUT2D eigenvalue weighted by Gasteiger charge is 2.14. The molecule has 1 atom stereocenters. The number of hydrogen-bond acceptors (Lipinski definition) is 5. The fraction of sp³-hybridized carbons (Fsp3) is 0.571. The van der Waals surface area contributed by atoms with Gasteiger partial charge in [-0.1, -0.05) is 13.8 Å². The summed E-state index contributed by atoms with van der Waals surface area (Å²) in [6, 6.07) is 2.50. The number of rotatable bonds is 6. The second-order valence-electron chi connectivity index (χ2n) is 5.59. The van der Waals surface area contributed by atoms with Gasteiger partial charge >= 0.3 is 0 Å². The van der Waals surface area contributed by atoms with E-state index in [-0.39, 0.29) is 0 Å². The highest BCUT2D eigenvalue weighted by molar-refractivity contribution is 7.16. The van der Waals surface area contributed by atoms with Gasteiger partial charge in [0, 0.05) is 12.6 Å². The predicted molar refractivity (Wildman–Crippen MR) is 82.8 cm³/mol. The summed E-state index contributed by atoms with van der Waals surface area (Å²) in [6.07, 6.45) is 2.77. The molecule has 0 spiro atoms. The lowest BCUT2D eigenvalue weighted by atomic mass is 10.0. The first kappa shape index (κ1) is 14.2. The van der Waals surface area contributed by atoms with E-state index in [2.05, 4.69) is 59.6 Å². The van der Waals surface area contributed by atoms with Crippen molar-refractivity contribution in [2.24, 2.45) is 5.92 Å². The summed E-state index contributed by atoms with van der Waals surface area (Å²) >= 11 is 1.65. The molecule has 2 aromatic heterocycles. The van der Waals surface area contributed by atoms with Crippen LogP contribution in [0.1, 0.15) is 20.3 Å². The molecule has 0 saturated carbocycles. The smallest absolute Gasteiger partial charge is 0.138 e. The van der Waals surface area contributed by atoms with Crippen molar-refractivity contribution in [3.05, 3.63) is 17.8 Å². The monoisotopic (exact) mass is 278 g/mol. The first-order valence-electron chi connectivity index (χ1n) is 6.65. The fourth-order valence-corrected chi connectivity index (χ4v) is 3.02. The Morgan fingerprint density at radius 2 is 2.11 bits per heavy atom. The minimum absolute atomic E-state index is 0.410. The van der Waals surface area contributed by atoms with Crippen LogP contribution in [-0.2, 0) is 0 Å². The van der Waals surface area contributed by atoms with Gasteiger partial charge < -0.3 is 10.2 Å². The number of nitrogens with one attached hydrogen (secondary N) is 1. The molecule has 0 fully saturated rings. The van der Waals surface area contributed by atoms with E-state index in [0.717, 1.165) is 29.0 Å². The van der Waals surface area contributed by atoms with Crippen LogP contribution in [0.15, 0.2) is 17.8 Å². The third-order valence-corrected chi connectivity index (χ3v) is 3.76. The molecule has 1 N–H and O–H groups in total. The van der Waals surface area contributed by atoms with Crippen LogP contribution in [0, 0.1) is 5.92 Å². The molecular formula is C14H22N4S. The maximum atomic E-state index is 4.40. The van der Waals surface area contributed by atoms with Gasteiger partial charge in [0.15, 0.2) is 0 Å². The zero-order valence-electron chi connectivity index (χ0n) is 12.1. The Kier molecular flexibility index (Phi) is 4.71. The van der Waals surface area contributed by atoms with Gasteiger partial charge in [-0.15, -0.1) is 11.3 Å². The fourth-order valence-electron chi connectivity index (χ4n) is 2.29. The van der Waals surface area contributed by atoms with Crippen LogP contribution in [0.5, 0.6) is 0 Å². The maximum absolute atomic E-state index is 4.40. The molecule has 19 heavy (non-hydrogen) atoms. The lowest BCUT2D eigenvalue weighted by Crippen LogP contribution is -2.33. The molecular weight excluding hydrogens is 256 g/mol. The Morgan fingerprint density at radius 3 is 2.79 bits per heavy atom. The Bertz CT molecular complexity index is 511. The normalized spacial score (nSPS) is 13.4. The predicted octanol–water partition coefficient (Wildman–Crippen LogP) is 3.08. The summed E-state index contributed by atoms with van der Waals surface area (Å²) in [5, 5.41) is 6.77. The number of anilines is 1. The number of aromatic nitrogens is 2. The lowest BCUT2D eigenvalue weighted by Gasteiger charge is -2.24. The van der Waals surface area contributed by atoms with Gasteiger partial charge in [0.2, 0.25) is 0 Å². The van der Waals surface area contributed by atoms with Crippen molar-refractivity contribution < 1.29 is 0 Å². The standard InChI is InChI=1S/C14H22N4S/c1-10(2)7-11(8-18(3)4)17-13-12-5-6-19-14(12)16-9-15-13/h5-6,9-11H,7-8H2,1-4H3,(H,15,16,17). The molecule has 0 bridgehead atoms. The summed E-state index contributed by atoms with van der Waals surface area (Å²) in [7, 11) is 4.21. The topological polar surface area (TPSA) is 41.0 Å². The SMILES string of the molecule is CC(C)CC(CN(C)C)Nc1ncnc2sccc12. The Balaban J connectivity index is 2.17. The number of nitrogens with zero attached hydrogens (tertiary/aromatic N) is 3. The highest BCUT2D eigenvalue weighted by atomic mass is 32.1. The van der Waals surface area contributed by atoms with Crippen molar-refractivity contribution in [3.8, 4) is 0 Å². The summed E-state index contributed by atoms with van der Waals surface area (Å²) in [5.74, 6) is 1.62. The van der Waals surface area contributed by atoms with Gasteiger partial charge in [-0.3, -0.25) is 0 Å². The molecule has 0 aliphatic rings. The van der Waals surface area contributed by atoms with Crippen LogP contribution in [0.25, 0.3) is 10.2 Å². The van der Waals surface area contributed by atoms with Crippen molar-refractivity contribution in [1.82, 2.24) is 14.9 Å². The second-order valence-corrected chi connectivity index (χ2v) is 6.49. The van der Waals surface area contributed by atoms with E-state index < -0.39 is 0 Å². The zero-order valence-corrected chi connectivity index (χ0v) is 12.9. The Morgan fingerprint density at radius 1 is 1.32 bits per heavy atom. The van der Waals surface area contributed by atoms with Crippen molar-refractivity contribution in [1.29, 1.82) is 0 Å². The molecule has 0 aliphatic heterocycles. The average molecular weight is 278 g/mol. The summed E-state index contributed by atoms with van der Waals surface area (Å²) < 4.78 is 0. The quantitative estimate of drug-likeness (QED) is 0.881. The van der Waals surface area contributed by atoms with Crippen LogP contribution < -0.4 is 5.32 Å². The van der Waals surface area contributed by atoms with Crippen molar-refractivity contribution in [3.63, 3.8) is 0 Å².